The number of benzene rings is 3. The summed E-state index contributed by atoms with van der Waals surface area (Å²) in [4.78, 5) is 4.97. The third kappa shape index (κ3) is 2.79. The second kappa shape index (κ2) is 6.54. The van der Waals surface area contributed by atoms with E-state index in [0.717, 1.165) is 39.4 Å². The molecule has 3 nitrogen and oxygen atoms in total. The van der Waals surface area contributed by atoms with E-state index < -0.39 is 0 Å². The summed E-state index contributed by atoms with van der Waals surface area (Å²) in [5.41, 5.74) is 6.10. The van der Waals surface area contributed by atoms with Gasteiger partial charge in [0.25, 0.3) is 0 Å². The molecule has 0 aliphatic carbocycles. The Hall–Kier alpha value is -3.72. The fourth-order valence-corrected chi connectivity index (χ4v) is 3.32. The van der Waals surface area contributed by atoms with Gasteiger partial charge in [-0.2, -0.15) is 5.10 Å². The normalized spacial score (nSPS) is 11.0. The average Bonchev–Trinajstić information content (AvgIpc) is 3.14. The molecule has 0 saturated carbocycles. The van der Waals surface area contributed by atoms with Gasteiger partial charge in [0.05, 0.1) is 16.9 Å². The van der Waals surface area contributed by atoms with E-state index in [1.165, 1.54) is 0 Å². The lowest BCUT2D eigenvalue weighted by Gasteiger charge is -2.04. The molecule has 0 fully saturated rings. The van der Waals surface area contributed by atoms with E-state index in [4.69, 9.17) is 10.1 Å². The molecule has 27 heavy (non-hydrogen) atoms. The number of imidazole rings is 1. The molecular weight excluding hydrogens is 330 g/mol. The predicted molar refractivity (Wildman–Crippen MR) is 109 cm³/mol. The van der Waals surface area contributed by atoms with Crippen molar-refractivity contribution in [3.8, 4) is 33.9 Å². The van der Waals surface area contributed by atoms with Gasteiger partial charge in [-0.3, -0.25) is 0 Å². The minimum atomic E-state index is 0.849. The van der Waals surface area contributed by atoms with Crippen LogP contribution in [0.1, 0.15) is 0 Å². The van der Waals surface area contributed by atoms with E-state index in [9.17, 15) is 0 Å². The number of aromatic nitrogens is 3. The lowest BCUT2D eigenvalue weighted by atomic mass is 10.1. The highest BCUT2D eigenvalue weighted by atomic mass is 15.3. The fraction of sp³-hybridized carbons (Fsp3) is 0. The van der Waals surface area contributed by atoms with Gasteiger partial charge < -0.3 is 0 Å². The Morgan fingerprint density at radius 3 is 1.70 bits per heavy atom. The van der Waals surface area contributed by atoms with Crippen LogP contribution in [-0.4, -0.2) is 14.6 Å². The Bertz CT molecular complexity index is 1190. The number of fused-ring (bicyclic) bond motifs is 1. The first-order valence-electron chi connectivity index (χ1n) is 8.96. The molecule has 3 heteroatoms. The van der Waals surface area contributed by atoms with Crippen molar-refractivity contribution < 1.29 is 0 Å². The second-order valence-corrected chi connectivity index (χ2v) is 6.40. The van der Waals surface area contributed by atoms with Gasteiger partial charge in [0.15, 0.2) is 5.82 Å². The number of hydrogen-bond donors (Lipinski definition) is 0. The molecule has 0 N–H and O–H groups in total. The van der Waals surface area contributed by atoms with Crippen molar-refractivity contribution in [2.75, 3.05) is 0 Å². The third-order valence-corrected chi connectivity index (χ3v) is 4.64. The molecule has 5 rings (SSSR count). The van der Waals surface area contributed by atoms with Crippen molar-refractivity contribution in [2.45, 2.75) is 0 Å². The lowest BCUT2D eigenvalue weighted by molar-refractivity contribution is 0.942. The van der Waals surface area contributed by atoms with Gasteiger partial charge in [-0.05, 0) is 12.1 Å². The quantitative estimate of drug-likeness (QED) is 0.417. The second-order valence-electron chi connectivity index (χ2n) is 6.40. The molecule has 0 spiro atoms. The summed E-state index contributed by atoms with van der Waals surface area (Å²) in [7, 11) is 0. The maximum absolute atomic E-state index is 4.97. The molecule has 0 radical (unpaired) electrons. The molecule has 2 heterocycles. The van der Waals surface area contributed by atoms with Crippen LogP contribution in [0, 0.1) is 0 Å². The van der Waals surface area contributed by atoms with E-state index in [2.05, 4.69) is 48.5 Å². The Kier molecular flexibility index (Phi) is 3.76. The molecule has 0 amide bonds. The molecule has 0 saturated heterocycles. The van der Waals surface area contributed by atoms with Crippen LogP contribution in [0.3, 0.4) is 0 Å². The number of rotatable bonds is 3. The van der Waals surface area contributed by atoms with Crippen LogP contribution in [0.2, 0.25) is 0 Å². The summed E-state index contributed by atoms with van der Waals surface area (Å²) in [6, 6.07) is 34.9. The summed E-state index contributed by atoms with van der Waals surface area (Å²) in [6.45, 7) is 0. The van der Waals surface area contributed by atoms with Crippen LogP contribution in [0.4, 0.5) is 0 Å². The molecular formula is C24H17N3. The first kappa shape index (κ1) is 15.5. The van der Waals surface area contributed by atoms with Crippen LogP contribution in [0.15, 0.2) is 103 Å². The SMILES string of the molecule is c1ccc(-c2ccc3c(-c4ccccc4)nc(-c4ccccc4)n3n2)cc1. The Balaban J connectivity index is 1.79. The van der Waals surface area contributed by atoms with Gasteiger partial charge in [-0.25, -0.2) is 9.50 Å². The maximum Gasteiger partial charge on any atom is 0.162 e. The highest BCUT2D eigenvalue weighted by Crippen LogP contribution is 2.30. The lowest BCUT2D eigenvalue weighted by Crippen LogP contribution is -1.97. The highest BCUT2D eigenvalue weighted by Gasteiger charge is 2.16. The van der Waals surface area contributed by atoms with Crippen molar-refractivity contribution in [3.05, 3.63) is 103 Å². The molecule has 3 aromatic carbocycles. The molecule has 0 unspecified atom stereocenters. The standard InChI is InChI=1S/C24H17N3/c1-4-10-18(11-5-1)21-16-17-22-23(19-12-6-2-7-13-19)25-24(27(22)26-21)20-14-8-3-9-15-20/h1-17H. The van der Waals surface area contributed by atoms with E-state index in [-0.39, 0.29) is 0 Å². The van der Waals surface area contributed by atoms with Crippen molar-refractivity contribution in [3.63, 3.8) is 0 Å². The van der Waals surface area contributed by atoms with Gasteiger partial charge in [0.1, 0.15) is 0 Å². The number of hydrogen-bond acceptors (Lipinski definition) is 2. The molecule has 0 atom stereocenters. The minimum absolute atomic E-state index is 0.849. The van der Waals surface area contributed by atoms with Crippen LogP contribution in [0.5, 0.6) is 0 Å². The monoisotopic (exact) mass is 347 g/mol. The van der Waals surface area contributed by atoms with E-state index in [0.29, 0.717) is 0 Å². The van der Waals surface area contributed by atoms with E-state index in [1.807, 2.05) is 59.1 Å². The van der Waals surface area contributed by atoms with Crippen molar-refractivity contribution >= 4 is 5.52 Å². The zero-order valence-electron chi connectivity index (χ0n) is 14.7. The topological polar surface area (TPSA) is 30.2 Å². The molecule has 0 bridgehead atoms. The van der Waals surface area contributed by atoms with Gasteiger partial charge >= 0.3 is 0 Å². The van der Waals surface area contributed by atoms with Gasteiger partial charge in [-0.15, -0.1) is 0 Å². The molecule has 0 aliphatic heterocycles. The fourth-order valence-electron chi connectivity index (χ4n) is 3.32. The zero-order valence-corrected chi connectivity index (χ0v) is 14.7. The highest BCUT2D eigenvalue weighted by molar-refractivity contribution is 5.81. The minimum Gasteiger partial charge on any atom is -0.226 e. The number of nitrogens with zero attached hydrogens (tertiary/aromatic N) is 3. The summed E-state index contributed by atoms with van der Waals surface area (Å²) >= 11 is 0. The van der Waals surface area contributed by atoms with Gasteiger partial charge in [0, 0.05) is 16.7 Å². The van der Waals surface area contributed by atoms with Crippen LogP contribution in [-0.2, 0) is 0 Å². The molecule has 5 aromatic rings. The summed E-state index contributed by atoms with van der Waals surface area (Å²) < 4.78 is 1.96. The van der Waals surface area contributed by atoms with E-state index >= 15 is 0 Å². The Labute approximate surface area is 157 Å². The predicted octanol–water partition coefficient (Wildman–Crippen LogP) is 5.73. The Morgan fingerprint density at radius 1 is 0.519 bits per heavy atom. The van der Waals surface area contributed by atoms with E-state index in [1.54, 1.807) is 0 Å². The first-order chi connectivity index (χ1) is 13.4. The first-order valence-corrected chi connectivity index (χ1v) is 8.96. The molecule has 128 valence electrons. The summed E-state index contributed by atoms with van der Waals surface area (Å²) in [5.74, 6) is 0.849. The van der Waals surface area contributed by atoms with Crippen LogP contribution < -0.4 is 0 Å². The average molecular weight is 347 g/mol. The third-order valence-electron chi connectivity index (χ3n) is 4.64. The summed E-state index contributed by atoms with van der Waals surface area (Å²) in [6.07, 6.45) is 0. The van der Waals surface area contributed by atoms with Crippen molar-refractivity contribution in [2.24, 2.45) is 0 Å². The van der Waals surface area contributed by atoms with Crippen molar-refractivity contribution in [1.29, 1.82) is 0 Å². The van der Waals surface area contributed by atoms with Crippen molar-refractivity contribution in [1.82, 2.24) is 14.6 Å². The largest absolute Gasteiger partial charge is 0.226 e. The smallest absolute Gasteiger partial charge is 0.162 e. The van der Waals surface area contributed by atoms with Gasteiger partial charge in [-0.1, -0.05) is 91.0 Å². The zero-order chi connectivity index (χ0) is 18.1. The Morgan fingerprint density at radius 2 is 1.07 bits per heavy atom. The summed E-state index contributed by atoms with van der Waals surface area (Å²) in [5, 5.41) is 4.92. The molecule has 0 aliphatic rings. The van der Waals surface area contributed by atoms with Gasteiger partial charge in [0.2, 0.25) is 0 Å². The molecule has 2 aromatic heterocycles. The maximum atomic E-state index is 4.97. The van der Waals surface area contributed by atoms with Crippen LogP contribution >= 0.6 is 0 Å². The van der Waals surface area contributed by atoms with Crippen LogP contribution in [0.25, 0.3) is 39.4 Å².